The van der Waals surface area contributed by atoms with Gasteiger partial charge in [-0.1, -0.05) is 27.7 Å². The van der Waals surface area contributed by atoms with E-state index in [0.29, 0.717) is 11.8 Å². The molecule has 0 spiro atoms. The Morgan fingerprint density at radius 1 is 1.33 bits per heavy atom. The molecule has 2 nitrogen and oxygen atoms in total. The molecule has 15 heavy (non-hydrogen) atoms. The van der Waals surface area contributed by atoms with Crippen molar-refractivity contribution >= 4 is 5.91 Å². The molecule has 1 saturated heterocycles. The molecular weight excluding hydrogens is 186 g/mol. The van der Waals surface area contributed by atoms with Gasteiger partial charge in [0.05, 0.1) is 0 Å². The van der Waals surface area contributed by atoms with Crippen LogP contribution in [0.25, 0.3) is 0 Å². The largest absolute Gasteiger partial charge is 0.337 e. The average molecular weight is 211 g/mol. The van der Waals surface area contributed by atoms with Crippen molar-refractivity contribution in [2.75, 3.05) is 6.54 Å². The van der Waals surface area contributed by atoms with E-state index in [-0.39, 0.29) is 11.5 Å². The first kappa shape index (κ1) is 12.5. The molecule has 1 unspecified atom stereocenters. The topological polar surface area (TPSA) is 20.3 Å². The molecule has 1 heterocycles. The first-order chi connectivity index (χ1) is 6.87. The smallest absolute Gasteiger partial charge is 0.225 e. The fourth-order valence-electron chi connectivity index (χ4n) is 2.80. The molecule has 1 atom stereocenters. The summed E-state index contributed by atoms with van der Waals surface area (Å²) in [5, 5.41) is 0. The third-order valence-corrected chi connectivity index (χ3v) is 3.36. The van der Waals surface area contributed by atoms with E-state index in [1.165, 1.54) is 12.8 Å². The zero-order valence-electron chi connectivity index (χ0n) is 10.8. The predicted octanol–water partition coefficient (Wildman–Crippen LogP) is 3.07. The Balaban J connectivity index is 2.75. The maximum absolute atomic E-state index is 12.1. The normalized spacial score (nSPS) is 26.7. The van der Waals surface area contributed by atoms with Gasteiger partial charge in [-0.2, -0.15) is 0 Å². The Labute approximate surface area is 94.0 Å². The molecule has 0 N–H and O–H groups in total. The van der Waals surface area contributed by atoms with Crippen LogP contribution >= 0.6 is 0 Å². The number of carbonyl (C=O) groups excluding carboxylic acids is 1. The van der Waals surface area contributed by atoms with Gasteiger partial charge in [-0.15, -0.1) is 0 Å². The Bertz CT molecular complexity index is 235. The van der Waals surface area contributed by atoms with Crippen LogP contribution < -0.4 is 0 Å². The van der Waals surface area contributed by atoms with Crippen LogP contribution in [-0.2, 0) is 4.79 Å². The molecule has 0 radical (unpaired) electrons. The second-order valence-corrected chi connectivity index (χ2v) is 5.84. The molecule has 1 rings (SSSR count). The third-order valence-electron chi connectivity index (χ3n) is 3.36. The lowest BCUT2D eigenvalue weighted by atomic mass is 9.88. The van der Waals surface area contributed by atoms with E-state index in [1.807, 2.05) is 13.8 Å². The first-order valence-electron chi connectivity index (χ1n) is 6.18. The SMILES string of the molecule is CC(C)CC1(C)CCCN1C(=O)C(C)C. The summed E-state index contributed by atoms with van der Waals surface area (Å²) in [5.74, 6) is 1.13. The fourth-order valence-corrected chi connectivity index (χ4v) is 2.80. The highest BCUT2D eigenvalue weighted by molar-refractivity contribution is 5.79. The standard InChI is InChI=1S/C13H25NO/c1-10(2)9-13(5)7-6-8-14(13)12(15)11(3)4/h10-11H,6-9H2,1-5H3. The maximum Gasteiger partial charge on any atom is 0.225 e. The van der Waals surface area contributed by atoms with Gasteiger partial charge in [0.2, 0.25) is 5.91 Å². The zero-order chi connectivity index (χ0) is 11.6. The molecule has 1 aliphatic rings. The number of hydrogen-bond acceptors (Lipinski definition) is 1. The van der Waals surface area contributed by atoms with Crippen LogP contribution in [-0.4, -0.2) is 22.9 Å². The number of carbonyl (C=O) groups is 1. The van der Waals surface area contributed by atoms with E-state index in [9.17, 15) is 4.79 Å². The molecular formula is C13H25NO. The molecule has 0 aliphatic carbocycles. The summed E-state index contributed by atoms with van der Waals surface area (Å²) in [6.07, 6.45) is 3.47. The summed E-state index contributed by atoms with van der Waals surface area (Å²) < 4.78 is 0. The van der Waals surface area contributed by atoms with Crippen molar-refractivity contribution in [3.63, 3.8) is 0 Å². The van der Waals surface area contributed by atoms with Crippen LogP contribution in [0.2, 0.25) is 0 Å². The van der Waals surface area contributed by atoms with Crippen LogP contribution in [0.1, 0.15) is 53.9 Å². The molecule has 0 aromatic carbocycles. The van der Waals surface area contributed by atoms with Crippen molar-refractivity contribution in [3.05, 3.63) is 0 Å². The highest BCUT2D eigenvalue weighted by Crippen LogP contribution is 2.35. The number of nitrogens with zero attached hydrogens (tertiary/aromatic N) is 1. The van der Waals surface area contributed by atoms with Crippen molar-refractivity contribution in [1.82, 2.24) is 4.90 Å². The van der Waals surface area contributed by atoms with Crippen molar-refractivity contribution in [2.24, 2.45) is 11.8 Å². The van der Waals surface area contributed by atoms with E-state index in [1.54, 1.807) is 0 Å². The molecule has 0 saturated carbocycles. The van der Waals surface area contributed by atoms with Crippen LogP contribution in [0.3, 0.4) is 0 Å². The van der Waals surface area contributed by atoms with Gasteiger partial charge in [-0.3, -0.25) is 4.79 Å². The van der Waals surface area contributed by atoms with Crippen molar-refractivity contribution < 1.29 is 4.79 Å². The summed E-state index contributed by atoms with van der Waals surface area (Å²) in [6, 6.07) is 0. The lowest BCUT2D eigenvalue weighted by Crippen LogP contribution is -2.47. The number of amides is 1. The van der Waals surface area contributed by atoms with Gasteiger partial charge in [0, 0.05) is 18.0 Å². The van der Waals surface area contributed by atoms with E-state index in [2.05, 4.69) is 25.7 Å². The Kier molecular flexibility index (Phi) is 3.80. The van der Waals surface area contributed by atoms with Crippen LogP contribution in [0.5, 0.6) is 0 Å². The van der Waals surface area contributed by atoms with E-state index < -0.39 is 0 Å². The van der Waals surface area contributed by atoms with Crippen molar-refractivity contribution in [2.45, 2.75) is 59.4 Å². The van der Waals surface area contributed by atoms with Gasteiger partial charge >= 0.3 is 0 Å². The van der Waals surface area contributed by atoms with Gasteiger partial charge in [-0.05, 0) is 32.1 Å². The van der Waals surface area contributed by atoms with Gasteiger partial charge in [0.15, 0.2) is 0 Å². The third kappa shape index (κ3) is 2.73. The van der Waals surface area contributed by atoms with E-state index >= 15 is 0 Å². The van der Waals surface area contributed by atoms with Gasteiger partial charge < -0.3 is 4.90 Å². The predicted molar refractivity (Wildman–Crippen MR) is 63.6 cm³/mol. The second kappa shape index (κ2) is 4.54. The molecule has 1 fully saturated rings. The minimum Gasteiger partial charge on any atom is -0.337 e. The summed E-state index contributed by atoms with van der Waals surface area (Å²) in [4.78, 5) is 14.2. The van der Waals surface area contributed by atoms with Gasteiger partial charge in [0.25, 0.3) is 0 Å². The summed E-state index contributed by atoms with van der Waals surface area (Å²) in [7, 11) is 0. The maximum atomic E-state index is 12.1. The van der Waals surface area contributed by atoms with Crippen LogP contribution in [0.15, 0.2) is 0 Å². The molecule has 1 aliphatic heterocycles. The number of rotatable bonds is 3. The molecule has 0 bridgehead atoms. The number of likely N-dealkylation sites (tertiary alicyclic amines) is 1. The Morgan fingerprint density at radius 2 is 1.93 bits per heavy atom. The zero-order valence-corrected chi connectivity index (χ0v) is 10.8. The van der Waals surface area contributed by atoms with Crippen LogP contribution in [0.4, 0.5) is 0 Å². The van der Waals surface area contributed by atoms with E-state index in [4.69, 9.17) is 0 Å². The quantitative estimate of drug-likeness (QED) is 0.702. The number of hydrogen-bond donors (Lipinski definition) is 0. The molecule has 0 aromatic heterocycles. The molecule has 0 aromatic rings. The fraction of sp³-hybridized carbons (Fsp3) is 0.923. The molecule has 88 valence electrons. The average Bonchev–Trinajstić information content (AvgIpc) is 2.44. The Hall–Kier alpha value is -0.530. The lowest BCUT2D eigenvalue weighted by molar-refractivity contribution is -0.138. The van der Waals surface area contributed by atoms with Gasteiger partial charge in [0.1, 0.15) is 0 Å². The summed E-state index contributed by atoms with van der Waals surface area (Å²) >= 11 is 0. The molecule has 1 amide bonds. The minimum atomic E-state index is 0.121. The highest BCUT2D eigenvalue weighted by Gasteiger charge is 2.40. The highest BCUT2D eigenvalue weighted by atomic mass is 16.2. The van der Waals surface area contributed by atoms with Crippen molar-refractivity contribution in [1.29, 1.82) is 0 Å². The first-order valence-corrected chi connectivity index (χ1v) is 6.18. The monoisotopic (exact) mass is 211 g/mol. The minimum absolute atomic E-state index is 0.121. The molecule has 2 heteroatoms. The summed E-state index contributed by atoms with van der Waals surface area (Å²) in [5.41, 5.74) is 0.121. The van der Waals surface area contributed by atoms with Crippen LogP contribution in [0, 0.1) is 11.8 Å². The summed E-state index contributed by atoms with van der Waals surface area (Å²) in [6.45, 7) is 11.7. The Morgan fingerprint density at radius 3 is 2.40 bits per heavy atom. The lowest BCUT2D eigenvalue weighted by Gasteiger charge is -2.37. The van der Waals surface area contributed by atoms with Crippen molar-refractivity contribution in [3.8, 4) is 0 Å². The second-order valence-electron chi connectivity index (χ2n) is 5.84. The van der Waals surface area contributed by atoms with E-state index in [0.717, 1.165) is 13.0 Å². The van der Waals surface area contributed by atoms with Gasteiger partial charge in [-0.25, -0.2) is 0 Å².